The summed E-state index contributed by atoms with van der Waals surface area (Å²) in [4.78, 5) is 14.1. The van der Waals surface area contributed by atoms with Crippen LogP contribution in [0.3, 0.4) is 0 Å². The topological polar surface area (TPSA) is 32.3 Å². The molecular formula is C14H20N2O. The molecule has 1 amide bonds. The highest BCUT2D eigenvalue weighted by Crippen LogP contribution is 2.26. The van der Waals surface area contributed by atoms with Crippen LogP contribution in [0.25, 0.3) is 0 Å². The summed E-state index contributed by atoms with van der Waals surface area (Å²) in [7, 11) is 2.11. The van der Waals surface area contributed by atoms with Gasteiger partial charge >= 0.3 is 0 Å². The summed E-state index contributed by atoms with van der Waals surface area (Å²) in [6.45, 7) is 3.91. The van der Waals surface area contributed by atoms with Gasteiger partial charge in [-0.25, -0.2) is 0 Å². The second-order valence-electron chi connectivity index (χ2n) is 4.62. The van der Waals surface area contributed by atoms with E-state index in [-0.39, 0.29) is 5.91 Å². The summed E-state index contributed by atoms with van der Waals surface area (Å²) >= 11 is 0. The maximum Gasteiger partial charge on any atom is 0.251 e. The Balaban J connectivity index is 2.18. The number of fused-ring (bicyclic) bond motifs is 1. The lowest BCUT2D eigenvalue weighted by atomic mass is 9.99. The molecule has 0 aromatic heterocycles. The second kappa shape index (κ2) is 5.21. The predicted octanol–water partition coefficient (Wildman–Crippen LogP) is 2.21. The van der Waals surface area contributed by atoms with Crippen LogP contribution in [-0.2, 0) is 6.42 Å². The van der Waals surface area contributed by atoms with Gasteiger partial charge in [-0.05, 0) is 43.0 Å². The van der Waals surface area contributed by atoms with Crippen molar-refractivity contribution in [2.45, 2.75) is 26.2 Å². The number of aryl methyl sites for hydroxylation is 1. The van der Waals surface area contributed by atoms with E-state index >= 15 is 0 Å². The molecule has 0 atom stereocenters. The van der Waals surface area contributed by atoms with Crippen molar-refractivity contribution in [1.82, 2.24) is 5.32 Å². The van der Waals surface area contributed by atoms with Gasteiger partial charge in [0.05, 0.1) is 0 Å². The molecule has 2 rings (SSSR count). The fraction of sp³-hybridized carbons (Fsp3) is 0.500. The first-order valence-corrected chi connectivity index (χ1v) is 6.34. The van der Waals surface area contributed by atoms with Crippen LogP contribution in [0.15, 0.2) is 18.2 Å². The molecule has 0 aliphatic carbocycles. The summed E-state index contributed by atoms with van der Waals surface area (Å²) in [5.74, 6) is 0.0443. The van der Waals surface area contributed by atoms with Crippen LogP contribution in [-0.4, -0.2) is 26.0 Å². The van der Waals surface area contributed by atoms with E-state index in [1.807, 2.05) is 12.1 Å². The standard InChI is InChI=1S/C14H20N2O/c1-3-8-15-14(17)12-6-7-13-11(10-12)5-4-9-16(13)2/h6-7,10H,3-5,8-9H2,1-2H3,(H,15,17). The Kier molecular flexibility index (Phi) is 3.67. The molecule has 0 spiro atoms. The first kappa shape index (κ1) is 12.0. The van der Waals surface area contributed by atoms with Crippen LogP contribution in [0.2, 0.25) is 0 Å². The van der Waals surface area contributed by atoms with Crippen molar-refractivity contribution in [1.29, 1.82) is 0 Å². The molecule has 3 nitrogen and oxygen atoms in total. The maximum atomic E-state index is 11.8. The van der Waals surface area contributed by atoms with E-state index < -0.39 is 0 Å². The van der Waals surface area contributed by atoms with Crippen LogP contribution in [0, 0.1) is 0 Å². The molecular weight excluding hydrogens is 212 g/mol. The molecule has 0 fully saturated rings. The lowest BCUT2D eigenvalue weighted by Crippen LogP contribution is -2.27. The van der Waals surface area contributed by atoms with Gasteiger partial charge in [0.1, 0.15) is 0 Å². The molecule has 1 aromatic carbocycles. The third-order valence-electron chi connectivity index (χ3n) is 3.23. The molecule has 1 aliphatic heterocycles. The number of amides is 1. The number of nitrogens with zero attached hydrogens (tertiary/aromatic N) is 1. The Hall–Kier alpha value is -1.51. The molecule has 1 heterocycles. The van der Waals surface area contributed by atoms with E-state index in [1.54, 1.807) is 0 Å². The lowest BCUT2D eigenvalue weighted by Gasteiger charge is -2.27. The highest BCUT2D eigenvalue weighted by atomic mass is 16.1. The van der Waals surface area contributed by atoms with Gasteiger partial charge in [-0.1, -0.05) is 6.92 Å². The molecule has 0 radical (unpaired) electrons. The monoisotopic (exact) mass is 232 g/mol. The summed E-state index contributed by atoms with van der Waals surface area (Å²) in [5.41, 5.74) is 3.35. The molecule has 0 saturated carbocycles. The Morgan fingerprint density at radius 2 is 2.29 bits per heavy atom. The Bertz CT molecular complexity index is 415. The van der Waals surface area contributed by atoms with Gasteiger partial charge in [-0.2, -0.15) is 0 Å². The summed E-state index contributed by atoms with van der Waals surface area (Å²) in [6.07, 6.45) is 3.22. The van der Waals surface area contributed by atoms with Crippen LogP contribution >= 0.6 is 0 Å². The minimum absolute atomic E-state index is 0.0443. The molecule has 3 heteroatoms. The Labute approximate surface area is 103 Å². The number of carbonyl (C=O) groups excluding carboxylic acids is 1. The van der Waals surface area contributed by atoms with E-state index in [9.17, 15) is 4.79 Å². The lowest BCUT2D eigenvalue weighted by molar-refractivity contribution is 0.0953. The van der Waals surface area contributed by atoms with Crippen LogP contribution in [0.1, 0.15) is 35.7 Å². The van der Waals surface area contributed by atoms with Gasteiger partial charge in [-0.15, -0.1) is 0 Å². The summed E-state index contributed by atoms with van der Waals surface area (Å²) in [5, 5.41) is 2.91. The molecule has 0 unspecified atom stereocenters. The molecule has 0 bridgehead atoms. The quantitative estimate of drug-likeness (QED) is 0.866. The third-order valence-corrected chi connectivity index (χ3v) is 3.23. The molecule has 1 N–H and O–H groups in total. The minimum atomic E-state index is 0.0443. The first-order valence-electron chi connectivity index (χ1n) is 6.34. The molecule has 17 heavy (non-hydrogen) atoms. The average Bonchev–Trinajstić information content (AvgIpc) is 2.36. The summed E-state index contributed by atoms with van der Waals surface area (Å²) < 4.78 is 0. The molecule has 0 saturated heterocycles. The fourth-order valence-electron chi connectivity index (χ4n) is 2.27. The van der Waals surface area contributed by atoms with Crippen molar-refractivity contribution in [3.63, 3.8) is 0 Å². The van der Waals surface area contributed by atoms with Crippen LogP contribution < -0.4 is 10.2 Å². The Morgan fingerprint density at radius 1 is 1.47 bits per heavy atom. The minimum Gasteiger partial charge on any atom is -0.374 e. The van der Waals surface area contributed by atoms with Crippen molar-refractivity contribution < 1.29 is 4.79 Å². The van der Waals surface area contributed by atoms with E-state index in [0.717, 1.165) is 31.5 Å². The van der Waals surface area contributed by atoms with E-state index in [2.05, 4.69) is 30.3 Å². The highest BCUT2D eigenvalue weighted by Gasteiger charge is 2.15. The largest absolute Gasteiger partial charge is 0.374 e. The zero-order valence-corrected chi connectivity index (χ0v) is 10.6. The van der Waals surface area contributed by atoms with Crippen LogP contribution in [0.5, 0.6) is 0 Å². The maximum absolute atomic E-state index is 11.8. The normalized spacial score (nSPS) is 14.4. The van der Waals surface area contributed by atoms with Crippen molar-refractivity contribution >= 4 is 11.6 Å². The van der Waals surface area contributed by atoms with Gasteiger partial charge in [0.2, 0.25) is 0 Å². The van der Waals surface area contributed by atoms with Gasteiger partial charge in [-0.3, -0.25) is 4.79 Å². The number of rotatable bonds is 3. The van der Waals surface area contributed by atoms with Gasteiger partial charge < -0.3 is 10.2 Å². The zero-order valence-electron chi connectivity index (χ0n) is 10.6. The van der Waals surface area contributed by atoms with Crippen molar-refractivity contribution in [2.24, 2.45) is 0 Å². The van der Waals surface area contributed by atoms with Crippen LogP contribution in [0.4, 0.5) is 5.69 Å². The first-order chi connectivity index (χ1) is 8.22. The van der Waals surface area contributed by atoms with Gasteiger partial charge in [0, 0.05) is 31.4 Å². The molecule has 1 aromatic rings. The number of carbonyl (C=O) groups is 1. The number of benzene rings is 1. The van der Waals surface area contributed by atoms with Crippen molar-refractivity contribution in [3.8, 4) is 0 Å². The number of anilines is 1. The SMILES string of the molecule is CCCNC(=O)c1ccc2c(c1)CCCN2C. The van der Waals surface area contributed by atoms with Crippen molar-refractivity contribution in [3.05, 3.63) is 29.3 Å². The second-order valence-corrected chi connectivity index (χ2v) is 4.62. The predicted molar refractivity (Wildman–Crippen MR) is 70.7 cm³/mol. The van der Waals surface area contributed by atoms with E-state index in [4.69, 9.17) is 0 Å². The highest BCUT2D eigenvalue weighted by molar-refractivity contribution is 5.95. The molecule has 92 valence electrons. The number of hydrogen-bond acceptors (Lipinski definition) is 2. The smallest absolute Gasteiger partial charge is 0.251 e. The summed E-state index contributed by atoms with van der Waals surface area (Å²) in [6, 6.07) is 6.02. The average molecular weight is 232 g/mol. The fourth-order valence-corrected chi connectivity index (χ4v) is 2.27. The number of hydrogen-bond donors (Lipinski definition) is 1. The van der Waals surface area contributed by atoms with Gasteiger partial charge in [0.25, 0.3) is 5.91 Å². The molecule has 1 aliphatic rings. The Morgan fingerprint density at radius 3 is 3.06 bits per heavy atom. The number of nitrogens with one attached hydrogen (secondary N) is 1. The van der Waals surface area contributed by atoms with E-state index in [0.29, 0.717) is 0 Å². The zero-order chi connectivity index (χ0) is 12.3. The van der Waals surface area contributed by atoms with E-state index in [1.165, 1.54) is 17.7 Å². The van der Waals surface area contributed by atoms with Crippen molar-refractivity contribution in [2.75, 3.05) is 25.0 Å². The van der Waals surface area contributed by atoms with Gasteiger partial charge in [0.15, 0.2) is 0 Å². The third kappa shape index (κ3) is 2.60.